The molecule has 0 spiro atoms. The number of rotatable bonds is 13. The maximum Gasteiger partial charge on any atom is 0.347 e. The van der Waals surface area contributed by atoms with Gasteiger partial charge in [-0.15, -0.1) is 0 Å². The Bertz CT molecular complexity index is 3000. The number of anilines is 6. The molecule has 2 aliphatic rings. The van der Waals surface area contributed by atoms with Crippen molar-refractivity contribution in [2.45, 2.75) is 13.8 Å². The Morgan fingerprint density at radius 1 is 0.515 bits per heavy atom. The summed E-state index contributed by atoms with van der Waals surface area (Å²) in [5, 5.41) is 28.3. The Kier molecular flexibility index (Phi) is 13.5. The van der Waals surface area contributed by atoms with Crippen LogP contribution in [0, 0.1) is 17.9 Å². The highest BCUT2D eigenvalue weighted by Gasteiger charge is 2.19. The molecule has 0 saturated carbocycles. The van der Waals surface area contributed by atoms with E-state index < -0.39 is 11.9 Å². The minimum atomic E-state index is -1.29. The zero-order chi connectivity index (χ0) is 47.6. The molecule has 0 aliphatic carbocycles. The van der Waals surface area contributed by atoms with Crippen LogP contribution in [0.5, 0.6) is 0 Å². The minimum Gasteiger partial charge on any atom is -0.486 e. The Labute approximate surface area is 394 Å². The number of hydrogen-bond donors (Lipinski definition) is 2. The van der Waals surface area contributed by atoms with Gasteiger partial charge in [-0.05, 0) is 151 Å². The van der Waals surface area contributed by atoms with E-state index >= 15 is 0 Å². The summed E-state index contributed by atoms with van der Waals surface area (Å²) in [6, 6.07) is 55.2. The highest BCUT2D eigenvalue weighted by Crippen LogP contribution is 2.38. The van der Waals surface area contributed by atoms with E-state index in [1.807, 2.05) is 97.1 Å². The third-order valence-corrected chi connectivity index (χ3v) is 10.9. The fraction of sp³-hybridized carbons (Fsp3) is 0.0345. The summed E-state index contributed by atoms with van der Waals surface area (Å²) in [5.74, 6) is -0.736. The van der Waals surface area contributed by atoms with E-state index in [4.69, 9.17) is 16.0 Å². The lowest BCUT2D eigenvalue weighted by Gasteiger charge is -2.26. The average Bonchev–Trinajstić information content (AvgIpc) is 3.35. The van der Waals surface area contributed by atoms with Crippen LogP contribution in [0.1, 0.15) is 25.0 Å². The Balaban J connectivity index is 1.01. The van der Waals surface area contributed by atoms with E-state index in [2.05, 4.69) is 87.4 Å². The van der Waals surface area contributed by atoms with Gasteiger partial charge < -0.3 is 29.5 Å². The molecule has 0 fully saturated rings. The second kappa shape index (κ2) is 20.5. The summed E-state index contributed by atoms with van der Waals surface area (Å²) >= 11 is 0. The number of nitrogens with zero attached hydrogens (tertiary/aromatic N) is 4. The molecule has 0 amide bonds. The smallest absolute Gasteiger partial charge is 0.347 e. The summed E-state index contributed by atoms with van der Waals surface area (Å²) in [6.07, 6.45) is 13.4. The topological polar surface area (TPSA) is 128 Å². The summed E-state index contributed by atoms with van der Waals surface area (Å²) in [7, 11) is 0. The molecule has 10 heteroatoms. The van der Waals surface area contributed by atoms with Gasteiger partial charge in [0.15, 0.2) is 0 Å². The highest BCUT2D eigenvalue weighted by molar-refractivity contribution is 5.93. The van der Waals surface area contributed by atoms with Crippen molar-refractivity contribution in [3.05, 3.63) is 262 Å². The largest absolute Gasteiger partial charge is 0.486 e. The number of aliphatic carboxylic acids is 2. The van der Waals surface area contributed by atoms with Crippen LogP contribution in [0.3, 0.4) is 0 Å². The first kappa shape index (κ1) is 44.9. The second-order valence-corrected chi connectivity index (χ2v) is 15.6. The molecule has 0 bridgehead atoms. The summed E-state index contributed by atoms with van der Waals surface area (Å²) in [5.41, 5.74) is 9.65. The number of ether oxygens (including phenoxy) is 2. The normalized spacial score (nSPS) is 14.8. The van der Waals surface area contributed by atoms with E-state index in [-0.39, 0.29) is 16.8 Å². The molecular formula is C58H42N4O6. The monoisotopic (exact) mass is 890 g/mol. The number of benzene rings is 6. The Morgan fingerprint density at radius 3 is 1.25 bits per heavy atom. The highest BCUT2D eigenvalue weighted by atomic mass is 16.5. The first-order valence-corrected chi connectivity index (χ1v) is 21.4. The molecular weight excluding hydrogens is 849 g/mol. The zero-order valence-corrected chi connectivity index (χ0v) is 36.9. The predicted octanol–water partition coefficient (Wildman–Crippen LogP) is 14.1. The third kappa shape index (κ3) is 10.5. The van der Waals surface area contributed by atoms with Crippen molar-refractivity contribution >= 4 is 58.2 Å². The first-order chi connectivity index (χ1) is 33.1. The van der Waals surface area contributed by atoms with Gasteiger partial charge in [-0.1, -0.05) is 97.1 Å². The van der Waals surface area contributed by atoms with Crippen LogP contribution in [0.25, 0.3) is 28.1 Å². The number of allylic oxidation sites excluding steroid dienone is 10. The predicted molar refractivity (Wildman–Crippen MR) is 267 cm³/mol. The molecule has 8 rings (SSSR count). The number of para-hydroxylation sites is 2. The summed E-state index contributed by atoms with van der Waals surface area (Å²) in [4.78, 5) is 30.7. The molecule has 0 radical (unpaired) electrons. The van der Waals surface area contributed by atoms with Crippen molar-refractivity contribution in [2.24, 2.45) is 0 Å². The van der Waals surface area contributed by atoms with E-state index in [0.717, 1.165) is 56.4 Å². The molecule has 2 N–H and O–H groups in total. The second-order valence-electron chi connectivity index (χ2n) is 15.6. The maximum absolute atomic E-state index is 11.6. The van der Waals surface area contributed by atoms with E-state index in [0.29, 0.717) is 28.6 Å². The van der Waals surface area contributed by atoms with Crippen LogP contribution >= 0.6 is 0 Å². The van der Waals surface area contributed by atoms with Gasteiger partial charge in [0.25, 0.3) is 5.70 Å². The third-order valence-electron chi connectivity index (χ3n) is 10.9. The van der Waals surface area contributed by atoms with Crippen LogP contribution in [-0.2, 0) is 19.1 Å². The van der Waals surface area contributed by atoms with Crippen LogP contribution in [-0.4, -0.2) is 22.2 Å². The lowest BCUT2D eigenvalue weighted by Crippen LogP contribution is -2.10. The molecule has 6 aromatic rings. The van der Waals surface area contributed by atoms with Gasteiger partial charge in [0.1, 0.15) is 34.7 Å². The van der Waals surface area contributed by atoms with Crippen LogP contribution in [0.4, 0.5) is 34.1 Å². The van der Waals surface area contributed by atoms with E-state index in [9.17, 15) is 25.1 Å². The number of carbonyl (C=O) groups is 2. The van der Waals surface area contributed by atoms with Crippen LogP contribution in [0.2, 0.25) is 0 Å². The molecule has 330 valence electrons. The molecule has 68 heavy (non-hydrogen) atoms. The lowest BCUT2D eigenvalue weighted by atomic mass is 10.0. The number of carboxylic acid groups (broad SMARTS) is 2. The van der Waals surface area contributed by atoms with Crippen molar-refractivity contribution in [1.29, 1.82) is 5.26 Å². The van der Waals surface area contributed by atoms with Crippen molar-refractivity contribution in [2.75, 3.05) is 9.80 Å². The zero-order valence-electron chi connectivity index (χ0n) is 36.9. The lowest BCUT2D eigenvalue weighted by molar-refractivity contribution is -0.133. The van der Waals surface area contributed by atoms with Gasteiger partial charge >= 0.3 is 11.9 Å². The number of nitriles is 1. The van der Waals surface area contributed by atoms with Gasteiger partial charge in [0.05, 0.1) is 6.57 Å². The van der Waals surface area contributed by atoms with Crippen LogP contribution < -0.4 is 9.80 Å². The van der Waals surface area contributed by atoms with Crippen LogP contribution in [0.15, 0.2) is 240 Å². The Morgan fingerprint density at radius 2 is 0.882 bits per heavy atom. The molecule has 0 unspecified atom stereocenters. The van der Waals surface area contributed by atoms with Crippen molar-refractivity contribution in [3.8, 4) is 17.2 Å². The Hall–Kier alpha value is -9.64. The molecule has 2 heterocycles. The van der Waals surface area contributed by atoms with Gasteiger partial charge in [-0.3, -0.25) is 4.79 Å². The van der Waals surface area contributed by atoms with E-state index in [1.54, 1.807) is 50.3 Å². The van der Waals surface area contributed by atoms with Crippen molar-refractivity contribution in [3.63, 3.8) is 0 Å². The number of hydrogen-bond acceptors (Lipinski definition) is 7. The van der Waals surface area contributed by atoms with Gasteiger partial charge in [0.2, 0.25) is 0 Å². The SMILES string of the molecule is [C-]#[N+]C(C(=O)O)=C1C=C(C)OC(C=Cc2ccc(N(c3ccccc3)c3ccc(-c4ccc(N(c5ccccc5)c5ccc(C=CC6=CC(=C(C#N)C(=O)O)C=C(C)O6)cc5)cc4)cc3)cc2)=C1. The molecule has 0 saturated heterocycles. The first-order valence-electron chi connectivity index (χ1n) is 21.4. The molecule has 10 nitrogen and oxygen atoms in total. The van der Waals surface area contributed by atoms with E-state index in [1.165, 1.54) is 6.08 Å². The van der Waals surface area contributed by atoms with Gasteiger partial charge in [0, 0.05) is 39.7 Å². The van der Waals surface area contributed by atoms with Gasteiger partial charge in [-0.25, -0.2) is 9.64 Å². The molecule has 6 aromatic carbocycles. The van der Waals surface area contributed by atoms with Gasteiger partial charge in [-0.2, -0.15) is 5.26 Å². The fourth-order valence-corrected chi connectivity index (χ4v) is 7.71. The molecule has 2 aliphatic heterocycles. The van der Waals surface area contributed by atoms with Crippen molar-refractivity contribution in [1.82, 2.24) is 0 Å². The summed E-state index contributed by atoms with van der Waals surface area (Å²) in [6.45, 7) is 10.7. The quantitative estimate of drug-likeness (QED) is 0.0662. The van der Waals surface area contributed by atoms with Crippen molar-refractivity contribution < 1.29 is 29.3 Å². The maximum atomic E-state index is 11.6. The fourth-order valence-electron chi connectivity index (χ4n) is 7.71. The summed E-state index contributed by atoms with van der Waals surface area (Å²) < 4.78 is 11.6. The molecule has 0 aromatic heterocycles. The standard InChI is InChI=1S/C58H42N4O6/c1-39-34-45(55(38-59)57(63)64)36-53(67-39)32-18-41-14-24-49(25-15-41)61(47-10-6-4-7-11-47)51-28-20-43(21-29-51)44-22-30-52(31-23-44)62(48-12-8-5-9-13-48)50-26-16-42(17-27-50)19-33-54-37-46(35-40(2)68-54)56(60-3)58(65)66/h4-37H,1-2H3,(H,63,64)(H,65,66). The minimum absolute atomic E-state index is 0.284. The molecule has 0 atom stereocenters. The average molecular weight is 891 g/mol. The number of carboxylic acids is 2.